The van der Waals surface area contributed by atoms with E-state index in [0.717, 1.165) is 38.2 Å². The Morgan fingerprint density at radius 2 is 2.10 bits per heavy atom. The van der Waals surface area contributed by atoms with Gasteiger partial charge in [0.15, 0.2) is 0 Å². The van der Waals surface area contributed by atoms with Gasteiger partial charge in [0.2, 0.25) is 0 Å². The average molecular weight is 291 g/mol. The Labute approximate surface area is 126 Å². The molecule has 1 heterocycles. The van der Waals surface area contributed by atoms with Crippen LogP contribution in [0.1, 0.15) is 30.1 Å². The van der Waals surface area contributed by atoms with Crippen LogP contribution in [-0.2, 0) is 4.74 Å². The van der Waals surface area contributed by atoms with E-state index >= 15 is 0 Å². The van der Waals surface area contributed by atoms with Crippen molar-refractivity contribution >= 4 is 17.3 Å². The van der Waals surface area contributed by atoms with Gasteiger partial charge in [-0.2, -0.15) is 0 Å². The number of hydrogen-bond donors (Lipinski definition) is 2. The van der Waals surface area contributed by atoms with Gasteiger partial charge in [0, 0.05) is 17.9 Å². The molecule has 21 heavy (non-hydrogen) atoms. The lowest BCUT2D eigenvalue weighted by atomic mass is 9.80. The van der Waals surface area contributed by atoms with Crippen LogP contribution in [0.15, 0.2) is 18.2 Å². The largest absolute Gasteiger partial charge is 0.465 e. The summed E-state index contributed by atoms with van der Waals surface area (Å²) in [7, 11) is 3.54. The first-order valence-electron chi connectivity index (χ1n) is 7.34. The minimum atomic E-state index is -0.363. The lowest BCUT2D eigenvalue weighted by molar-refractivity contribution is 0.0601. The monoisotopic (exact) mass is 291 g/mol. The summed E-state index contributed by atoms with van der Waals surface area (Å²) in [6, 6.07) is 5.30. The van der Waals surface area contributed by atoms with Crippen LogP contribution in [0.4, 0.5) is 11.4 Å². The number of nitrogens with one attached hydrogen (secondary N) is 1. The van der Waals surface area contributed by atoms with E-state index in [9.17, 15) is 4.79 Å². The summed E-state index contributed by atoms with van der Waals surface area (Å²) >= 11 is 0. The molecule has 116 valence electrons. The number of ether oxygens (including phenoxy) is 1. The number of nitrogens with two attached hydrogens (primary N) is 1. The van der Waals surface area contributed by atoms with E-state index in [2.05, 4.69) is 24.2 Å². The number of hydrogen-bond acceptors (Lipinski definition) is 5. The van der Waals surface area contributed by atoms with E-state index in [1.807, 2.05) is 6.07 Å². The normalized spacial score (nSPS) is 18.2. The fraction of sp³-hybridized carbons (Fsp3) is 0.562. The maximum absolute atomic E-state index is 11.8. The molecule has 0 aliphatic carbocycles. The Morgan fingerprint density at radius 3 is 2.71 bits per heavy atom. The summed E-state index contributed by atoms with van der Waals surface area (Å²) in [4.78, 5) is 14.2. The van der Waals surface area contributed by atoms with Crippen molar-refractivity contribution in [3.05, 3.63) is 23.8 Å². The summed E-state index contributed by atoms with van der Waals surface area (Å²) in [6.45, 7) is 5.37. The number of rotatable bonds is 4. The molecular weight excluding hydrogens is 266 g/mol. The van der Waals surface area contributed by atoms with Crippen molar-refractivity contribution in [1.82, 2.24) is 4.90 Å². The third-order valence-electron chi connectivity index (χ3n) is 4.35. The van der Waals surface area contributed by atoms with Crippen LogP contribution in [0.5, 0.6) is 0 Å². The topological polar surface area (TPSA) is 67.6 Å². The van der Waals surface area contributed by atoms with Gasteiger partial charge in [0.1, 0.15) is 0 Å². The number of piperidine rings is 1. The molecule has 0 bridgehead atoms. The van der Waals surface area contributed by atoms with E-state index in [1.54, 1.807) is 12.1 Å². The van der Waals surface area contributed by atoms with Crippen molar-refractivity contribution in [3.8, 4) is 0 Å². The van der Waals surface area contributed by atoms with Crippen molar-refractivity contribution < 1.29 is 9.53 Å². The molecule has 0 radical (unpaired) electrons. The molecule has 1 aliphatic heterocycles. The van der Waals surface area contributed by atoms with Gasteiger partial charge in [-0.05, 0) is 56.6 Å². The minimum Gasteiger partial charge on any atom is -0.465 e. The molecule has 1 aromatic rings. The van der Waals surface area contributed by atoms with Crippen LogP contribution in [-0.4, -0.2) is 44.7 Å². The highest BCUT2D eigenvalue weighted by atomic mass is 16.5. The maximum atomic E-state index is 11.8. The molecule has 0 atom stereocenters. The number of esters is 1. The van der Waals surface area contributed by atoms with Crippen molar-refractivity contribution in [1.29, 1.82) is 0 Å². The van der Waals surface area contributed by atoms with Crippen LogP contribution in [0.3, 0.4) is 0 Å². The highest BCUT2D eigenvalue weighted by Crippen LogP contribution is 2.31. The number of carbonyl (C=O) groups is 1. The zero-order valence-corrected chi connectivity index (χ0v) is 13.1. The van der Waals surface area contributed by atoms with Gasteiger partial charge in [0.05, 0.1) is 12.7 Å². The third kappa shape index (κ3) is 3.88. The van der Waals surface area contributed by atoms with Crippen molar-refractivity contribution in [2.45, 2.75) is 19.8 Å². The van der Waals surface area contributed by atoms with Crippen LogP contribution in [0.2, 0.25) is 0 Å². The Morgan fingerprint density at radius 1 is 1.43 bits per heavy atom. The zero-order valence-electron chi connectivity index (χ0n) is 13.1. The number of benzene rings is 1. The summed E-state index contributed by atoms with van der Waals surface area (Å²) in [6.07, 6.45) is 2.30. The lowest BCUT2D eigenvalue weighted by Crippen LogP contribution is -2.40. The first-order chi connectivity index (χ1) is 9.93. The molecule has 0 saturated carbocycles. The highest BCUT2D eigenvalue weighted by molar-refractivity contribution is 5.96. The van der Waals surface area contributed by atoms with Crippen LogP contribution < -0.4 is 11.1 Å². The van der Waals surface area contributed by atoms with Gasteiger partial charge in [-0.25, -0.2) is 4.79 Å². The standard InChI is InChI=1S/C16H25N3O2/c1-16(6-8-19(2)9-7-16)11-18-14-5-4-12(17)10-13(14)15(20)21-3/h4-5,10,18H,6-9,11,17H2,1-3H3. The van der Waals surface area contributed by atoms with Gasteiger partial charge in [-0.1, -0.05) is 6.92 Å². The molecule has 1 aliphatic rings. The Balaban J connectivity index is 2.07. The van der Waals surface area contributed by atoms with E-state index in [-0.39, 0.29) is 11.4 Å². The lowest BCUT2D eigenvalue weighted by Gasteiger charge is -2.38. The van der Waals surface area contributed by atoms with Crippen molar-refractivity contribution in [2.24, 2.45) is 5.41 Å². The van der Waals surface area contributed by atoms with E-state index in [1.165, 1.54) is 7.11 Å². The molecule has 0 aromatic heterocycles. The first kappa shape index (κ1) is 15.6. The smallest absolute Gasteiger partial charge is 0.340 e. The Bertz CT molecular complexity index is 508. The fourth-order valence-electron chi connectivity index (χ4n) is 2.64. The molecule has 1 fully saturated rings. The third-order valence-corrected chi connectivity index (χ3v) is 4.35. The average Bonchev–Trinajstić information content (AvgIpc) is 2.48. The molecule has 5 heteroatoms. The van der Waals surface area contributed by atoms with Gasteiger partial charge in [-0.15, -0.1) is 0 Å². The highest BCUT2D eigenvalue weighted by Gasteiger charge is 2.29. The summed E-state index contributed by atoms with van der Waals surface area (Å²) in [5.41, 5.74) is 7.85. The number of methoxy groups -OCH3 is 1. The molecule has 2 rings (SSSR count). The van der Waals surface area contributed by atoms with Crippen LogP contribution in [0, 0.1) is 5.41 Å². The van der Waals surface area contributed by atoms with Gasteiger partial charge >= 0.3 is 5.97 Å². The van der Waals surface area contributed by atoms with E-state index in [0.29, 0.717) is 11.3 Å². The summed E-state index contributed by atoms with van der Waals surface area (Å²) < 4.78 is 4.82. The second kappa shape index (κ2) is 6.35. The number of nitrogen functional groups attached to an aromatic ring is 1. The molecule has 0 amide bonds. The van der Waals surface area contributed by atoms with Crippen LogP contribution in [0.25, 0.3) is 0 Å². The predicted octanol–water partition coefficient (Wildman–Crippen LogP) is 2.20. The summed E-state index contributed by atoms with van der Waals surface area (Å²) in [5.74, 6) is -0.363. The second-order valence-electron chi connectivity index (χ2n) is 6.26. The SMILES string of the molecule is COC(=O)c1cc(N)ccc1NCC1(C)CCN(C)CC1. The molecule has 3 N–H and O–H groups in total. The van der Waals surface area contributed by atoms with Gasteiger partial charge < -0.3 is 20.7 Å². The second-order valence-corrected chi connectivity index (χ2v) is 6.26. The maximum Gasteiger partial charge on any atom is 0.340 e. The van der Waals surface area contributed by atoms with Crippen molar-refractivity contribution in [2.75, 3.05) is 44.8 Å². The number of carbonyl (C=O) groups excluding carboxylic acids is 1. The van der Waals surface area contributed by atoms with Gasteiger partial charge in [-0.3, -0.25) is 0 Å². The molecule has 0 spiro atoms. The Kier molecular flexibility index (Phi) is 4.73. The van der Waals surface area contributed by atoms with Gasteiger partial charge in [0.25, 0.3) is 0 Å². The molecular formula is C16H25N3O2. The van der Waals surface area contributed by atoms with Crippen molar-refractivity contribution in [3.63, 3.8) is 0 Å². The number of nitrogens with zero attached hydrogens (tertiary/aromatic N) is 1. The zero-order chi connectivity index (χ0) is 15.5. The fourth-order valence-corrected chi connectivity index (χ4v) is 2.64. The molecule has 1 aromatic carbocycles. The number of anilines is 2. The quantitative estimate of drug-likeness (QED) is 0.657. The van der Waals surface area contributed by atoms with E-state index < -0.39 is 0 Å². The van der Waals surface area contributed by atoms with Crippen LogP contribution >= 0.6 is 0 Å². The predicted molar refractivity (Wildman–Crippen MR) is 85.5 cm³/mol. The van der Waals surface area contributed by atoms with E-state index in [4.69, 9.17) is 10.5 Å². The minimum absolute atomic E-state index is 0.251. The molecule has 1 saturated heterocycles. The molecule has 0 unspecified atom stereocenters. The Hall–Kier alpha value is -1.75. The number of likely N-dealkylation sites (tertiary alicyclic amines) is 1. The summed E-state index contributed by atoms with van der Waals surface area (Å²) in [5, 5.41) is 3.41. The first-order valence-corrected chi connectivity index (χ1v) is 7.34. The molecule has 5 nitrogen and oxygen atoms in total.